The molecule has 1 aliphatic rings. The van der Waals surface area contributed by atoms with E-state index in [0.29, 0.717) is 20.8 Å². The second-order valence-electron chi connectivity index (χ2n) is 5.98. The maximum atomic E-state index is 12.2. The number of thioether (sulfide) groups is 1. The number of amides is 1. The van der Waals surface area contributed by atoms with E-state index in [4.69, 9.17) is 16.3 Å². The van der Waals surface area contributed by atoms with E-state index in [1.54, 1.807) is 12.1 Å². The van der Waals surface area contributed by atoms with Gasteiger partial charge in [0.25, 0.3) is 5.91 Å². The van der Waals surface area contributed by atoms with Gasteiger partial charge < -0.3 is 10.1 Å². The second kappa shape index (κ2) is 8.95. The van der Waals surface area contributed by atoms with Crippen LogP contribution in [0.4, 0.5) is 5.69 Å². The second-order valence-corrected chi connectivity index (χ2v) is 8.34. The van der Waals surface area contributed by atoms with Crippen LogP contribution in [0.15, 0.2) is 56.8 Å². The summed E-state index contributed by atoms with van der Waals surface area (Å²) in [6.45, 7) is 4.05. The molecule has 3 rings (SSSR count). The number of hydrogen-bond donors (Lipinski definition) is 1. The van der Waals surface area contributed by atoms with Crippen molar-refractivity contribution in [1.82, 2.24) is 5.32 Å². The summed E-state index contributed by atoms with van der Waals surface area (Å²) in [6.07, 6.45) is 2.79. The van der Waals surface area contributed by atoms with E-state index in [1.165, 1.54) is 11.8 Å². The fraction of sp³-hybridized carbons (Fsp3) is 0.200. The van der Waals surface area contributed by atoms with Crippen molar-refractivity contribution in [2.24, 2.45) is 4.99 Å². The molecule has 0 radical (unpaired) electrons. The van der Waals surface area contributed by atoms with Gasteiger partial charge in [0.2, 0.25) is 0 Å². The molecular formula is C20H18BrClN2O2S. The van der Waals surface area contributed by atoms with Gasteiger partial charge in [0.1, 0.15) is 5.75 Å². The van der Waals surface area contributed by atoms with Crippen molar-refractivity contribution in [2.75, 3.05) is 0 Å². The lowest BCUT2D eigenvalue weighted by atomic mass is 10.2. The molecule has 0 aliphatic carbocycles. The molecule has 0 aromatic heterocycles. The fourth-order valence-corrected chi connectivity index (χ4v) is 3.61. The number of carbonyl (C=O) groups is 1. The number of nitrogens with one attached hydrogen (secondary N) is 1. The van der Waals surface area contributed by atoms with Crippen molar-refractivity contribution in [2.45, 2.75) is 26.4 Å². The van der Waals surface area contributed by atoms with Gasteiger partial charge in [0, 0.05) is 4.47 Å². The summed E-state index contributed by atoms with van der Waals surface area (Å²) in [4.78, 5) is 17.2. The van der Waals surface area contributed by atoms with Crippen LogP contribution in [-0.2, 0) is 4.79 Å². The summed E-state index contributed by atoms with van der Waals surface area (Å²) in [5.41, 5.74) is 1.61. The van der Waals surface area contributed by atoms with Crippen molar-refractivity contribution in [1.29, 1.82) is 0 Å². The van der Waals surface area contributed by atoms with Crippen LogP contribution in [0, 0.1) is 0 Å². The highest BCUT2D eigenvalue weighted by Crippen LogP contribution is 2.31. The normalized spacial score (nSPS) is 18.0. The number of halogens is 2. The third-order valence-corrected chi connectivity index (χ3v) is 5.60. The van der Waals surface area contributed by atoms with Gasteiger partial charge in [-0.1, -0.05) is 40.5 Å². The molecule has 0 unspecified atom stereocenters. The molecule has 1 saturated heterocycles. The molecule has 140 valence electrons. The molecular weight excluding hydrogens is 448 g/mol. The molecule has 1 N–H and O–H groups in total. The number of hydrogen-bond acceptors (Lipinski definition) is 4. The number of rotatable bonds is 5. The summed E-state index contributed by atoms with van der Waals surface area (Å²) in [5.74, 6) is 0.473. The maximum absolute atomic E-state index is 12.2. The first-order chi connectivity index (χ1) is 12.9. The van der Waals surface area contributed by atoms with Crippen LogP contribution in [0.5, 0.6) is 5.75 Å². The standard InChI is InChI=1S/C20H18BrClN2O2S/c1-3-12(2)26-17-9-4-13(10-16(17)22)11-18-19(25)24-20(27-18)23-15-7-5-14(21)6-8-15/h4-12H,3H2,1-2H3,(H,23,24,25)/b18-11-/t12-/m1/s1. The molecule has 0 spiro atoms. The zero-order valence-corrected chi connectivity index (χ0v) is 18.0. The Kier molecular flexibility index (Phi) is 6.63. The SMILES string of the molecule is CC[C@@H](C)Oc1ccc(/C=C2\SC(=Nc3ccc(Br)cc3)NC2=O)cc1Cl. The van der Waals surface area contributed by atoms with Crippen LogP contribution < -0.4 is 10.1 Å². The summed E-state index contributed by atoms with van der Waals surface area (Å²) in [5, 5.41) is 3.86. The number of amidine groups is 1. The highest BCUT2D eigenvalue weighted by atomic mass is 79.9. The van der Waals surface area contributed by atoms with E-state index < -0.39 is 0 Å². The van der Waals surface area contributed by atoms with Crippen molar-refractivity contribution < 1.29 is 9.53 Å². The van der Waals surface area contributed by atoms with Gasteiger partial charge in [0.15, 0.2) is 5.17 Å². The molecule has 0 bridgehead atoms. The highest BCUT2D eigenvalue weighted by Gasteiger charge is 2.23. The predicted molar refractivity (Wildman–Crippen MR) is 117 cm³/mol. The molecule has 7 heteroatoms. The lowest BCUT2D eigenvalue weighted by Crippen LogP contribution is -2.19. The van der Waals surface area contributed by atoms with E-state index in [-0.39, 0.29) is 12.0 Å². The Hall–Kier alpha value is -1.76. The number of nitrogens with zero attached hydrogens (tertiary/aromatic N) is 1. The lowest BCUT2D eigenvalue weighted by Gasteiger charge is -2.14. The number of carbonyl (C=O) groups excluding carboxylic acids is 1. The number of aliphatic imine (C=N–C) groups is 1. The molecule has 1 amide bonds. The Bertz CT molecular complexity index is 913. The van der Waals surface area contributed by atoms with Crippen molar-refractivity contribution >= 4 is 62.1 Å². The first kappa shape index (κ1) is 20.0. The Morgan fingerprint density at radius 2 is 2.04 bits per heavy atom. The van der Waals surface area contributed by atoms with Crippen LogP contribution in [0.2, 0.25) is 5.02 Å². The molecule has 0 saturated carbocycles. The predicted octanol–water partition coefficient (Wildman–Crippen LogP) is 6.17. The minimum Gasteiger partial charge on any atom is -0.489 e. The van der Waals surface area contributed by atoms with Gasteiger partial charge in [-0.15, -0.1) is 0 Å². The molecule has 2 aromatic carbocycles. The largest absolute Gasteiger partial charge is 0.489 e. The Labute approximate surface area is 176 Å². The quantitative estimate of drug-likeness (QED) is 0.537. The monoisotopic (exact) mass is 464 g/mol. The van der Waals surface area contributed by atoms with Gasteiger partial charge in [-0.25, -0.2) is 4.99 Å². The van der Waals surface area contributed by atoms with Crippen LogP contribution in [0.1, 0.15) is 25.8 Å². The summed E-state index contributed by atoms with van der Waals surface area (Å²) in [6, 6.07) is 13.1. The molecule has 4 nitrogen and oxygen atoms in total. The van der Waals surface area contributed by atoms with Gasteiger partial charge in [0.05, 0.1) is 21.7 Å². The Morgan fingerprint density at radius 1 is 1.30 bits per heavy atom. The third-order valence-electron chi connectivity index (χ3n) is 3.86. The average Bonchev–Trinajstić information content (AvgIpc) is 2.98. The fourth-order valence-electron chi connectivity index (χ4n) is 2.27. The summed E-state index contributed by atoms with van der Waals surface area (Å²) >= 11 is 11.0. The van der Waals surface area contributed by atoms with E-state index >= 15 is 0 Å². The van der Waals surface area contributed by atoms with Crippen molar-refractivity contribution in [3.8, 4) is 5.75 Å². The smallest absolute Gasteiger partial charge is 0.264 e. The Morgan fingerprint density at radius 3 is 2.70 bits per heavy atom. The van der Waals surface area contributed by atoms with Gasteiger partial charge in [-0.3, -0.25) is 4.79 Å². The van der Waals surface area contributed by atoms with Crippen LogP contribution in [-0.4, -0.2) is 17.2 Å². The van der Waals surface area contributed by atoms with Gasteiger partial charge in [-0.05, 0) is 73.1 Å². The summed E-state index contributed by atoms with van der Waals surface area (Å²) in [7, 11) is 0. The number of ether oxygens (including phenoxy) is 1. The minimum absolute atomic E-state index is 0.0975. The van der Waals surface area contributed by atoms with E-state index in [1.807, 2.05) is 43.3 Å². The van der Waals surface area contributed by atoms with Crippen molar-refractivity contribution in [3.63, 3.8) is 0 Å². The van der Waals surface area contributed by atoms with Crippen LogP contribution >= 0.6 is 39.3 Å². The lowest BCUT2D eigenvalue weighted by molar-refractivity contribution is -0.115. The molecule has 1 aliphatic heterocycles. The third kappa shape index (κ3) is 5.37. The average molecular weight is 466 g/mol. The first-order valence-electron chi connectivity index (χ1n) is 8.46. The molecule has 1 heterocycles. The number of benzene rings is 2. The minimum atomic E-state index is -0.174. The molecule has 1 fully saturated rings. The highest BCUT2D eigenvalue weighted by molar-refractivity contribution is 9.10. The van der Waals surface area contributed by atoms with Crippen molar-refractivity contribution in [3.05, 3.63) is 62.4 Å². The molecule has 27 heavy (non-hydrogen) atoms. The Balaban J connectivity index is 1.76. The topological polar surface area (TPSA) is 50.7 Å². The zero-order chi connectivity index (χ0) is 19.4. The zero-order valence-electron chi connectivity index (χ0n) is 14.8. The van der Waals surface area contributed by atoms with Crippen LogP contribution in [0.25, 0.3) is 6.08 Å². The van der Waals surface area contributed by atoms with Gasteiger partial charge >= 0.3 is 0 Å². The first-order valence-corrected chi connectivity index (χ1v) is 10.4. The maximum Gasteiger partial charge on any atom is 0.264 e. The van der Waals surface area contributed by atoms with E-state index in [0.717, 1.165) is 22.1 Å². The summed E-state index contributed by atoms with van der Waals surface area (Å²) < 4.78 is 6.75. The van der Waals surface area contributed by atoms with Gasteiger partial charge in [-0.2, -0.15) is 0 Å². The van der Waals surface area contributed by atoms with E-state index in [9.17, 15) is 4.79 Å². The van der Waals surface area contributed by atoms with Crippen LogP contribution in [0.3, 0.4) is 0 Å². The molecule has 1 atom stereocenters. The van der Waals surface area contributed by atoms with E-state index in [2.05, 4.69) is 33.2 Å². The molecule has 2 aromatic rings.